The molecular formula is C21H25NO4. The molecule has 138 valence electrons. The molecule has 5 rings (SSSR count). The predicted octanol–water partition coefficient (Wildman–Crippen LogP) is 2.66. The number of carboxylic acids is 1. The van der Waals surface area contributed by atoms with Gasteiger partial charge in [0.15, 0.2) is 0 Å². The number of aliphatic carboxylic acids is 1. The highest BCUT2D eigenvalue weighted by Crippen LogP contribution is 2.53. The van der Waals surface area contributed by atoms with Gasteiger partial charge in [0.1, 0.15) is 6.10 Å². The number of carboxylic acid groups (broad SMARTS) is 1. The van der Waals surface area contributed by atoms with Crippen LogP contribution in [0.5, 0.6) is 0 Å². The lowest BCUT2D eigenvalue weighted by molar-refractivity contribution is -0.151. The topological polar surface area (TPSA) is 66.8 Å². The van der Waals surface area contributed by atoms with Crippen LogP contribution in [0.4, 0.5) is 0 Å². The molecule has 3 aliphatic heterocycles. The summed E-state index contributed by atoms with van der Waals surface area (Å²) in [4.78, 5) is 26.5. The zero-order chi connectivity index (χ0) is 17.8. The average molecular weight is 355 g/mol. The van der Waals surface area contributed by atoms with Crippen LogP contribution in [0.1, 0.15) is 43.6 Å². The SMILES string of the molecule is O=C(O)[C@@H]1[C@@H]2CO[C@H](C(=O)N3[C@@H]4CC[C@H]3CC(c3ccccc3)C4)C[C@@H]21. The van der Waals surface area contributed by atoms with Crippen molar-refractivity contribution in [3.8, 4) is 0 Å². The van der Waals surface area contributed by atoms with Crippen LogP contribution in [-0.2, 0) is 14.3 Å². The molecule has 1 amide bonds. The Labute approximate surface area is 153 Å². The van der Waals surface area contributed by atoms with Gasteiger partial charge < -0.3 is 14.7 Å². The molecule has 1 N–H and O–H groups in total. The molecule has 1 aliphatic carbocycles. The van der Waals surface area contributed by atoms with Crippen molar-refractivity contribution in [3.63, 3.8) is 0 Å². The maximum Gasteiger partial charge on any atom is 0.307 e. The molecule has 0 radical (unpaired) electrons. The smallest absolute Gasteiger partial charge is 0.307 e. The van der Waals surface area contributed by atoms with Crippen LogP contribution < -0.4 is 0 Å². The zero-order valence-corrected chi connectivity index (χ0v) is 14.8. The second-order valence-electron chi connectivity index (χ2n) is 8.46. The lowest BCUT2D eigenvalue weighted by Crippen LogP contribution is -2.51. The van der Waals surface area contributed by atoms with E-state index in [4.69, 9.17) is 4.74 Å². The fourth-order valence-corrected chi connectivity index (χ4v) is 5.78. The van der Waals surface area contributed by atoms with E-state index in [9.17, 15) is 14.7 Å². The quantitative estimate of drug-likeness (QED) is 0.905. The first-order chi connectivity index (χ1) is 12.6. The van der Waals surface area contributed by atoms with Crippen molar-refractivity contribution < 1.29 is 19.4 Å². The number of nitrogens with zero attached hydrogens (tertiary/aromatic N) is 1. The van der Waals surface area contributed by atoms with Gasteiger partial charge in [0.25, 0.3) is 5.91 Å². The molecule has 4 fully saturated rings. The largest absolute Gasteiger partial charge is 0.481 e. The molecule has 5 nitrogen and oxygen atoms in total. The summed E-state index contributed by atoms with van der Waals surface area (Å²) in [6.45, 7) is 0.424. The van der Waals surface area contributed by atoms with E-state index in [1.807, 2.05) is 6.07 Å². The number of hydrogen-bond acceptors (Lipinski definition) is 3. The molecule has 26 heavy (non-hydrogen) atoms. The third kappa shape index (κ3) is 2.56. The van der Waals surface area contributed by atoms with Crippen molar-refractivity contribution in [1.82, 2.24) is 4.90 Å². The number of hydrogen-bond donors (Lipinski definition) is 1. The number of carbonyl (C=O) groups excluding carboxylic acids is 1. The molecule has 1 aromatic carbocycles. The lowest BCUT2D eigenvalue weighted by atomic mass is 9.84. The Morgan fingerprint density at radius 2 is 1.69 bits per heavy atom. The monoisotopic (exact) mass is 355 g/mol. The van der Waals surface area contributed by atoms with E-state index in [0.717, 1.165) is 25.7 Å². The van der Waals surface area contributed by atoms with E-state index in [0.29, 0.717) is 31.0 Å². The maximum absolute atomic E-state index is 13.2. The fraction of sp³-hybridized carbons (Fsp3) is 0.619. The normalized spacial score (nSPS) is 40.8. The Bertz CT molecular complexity index is 706. The molecule has 0 spiro atoms. The van der Waals surface area contributed by atoms with Crippen LogP contribution >= 0.6 is 0 Å². The summed E-state index contributed by atoms with van der Waals surface area (Å²) < 4.78 is 5.81. The molecule has 3 saturated heterocycles. The standard InChI is InChI=1S/C21H25NO4/c23-20(18-10-16-17(11-26-18)19(16)21(24)25)22-14-6-7-15(22)9-13(8-14)12-4-2-1-3-5-12/h1-5,13-19H,6-11H2,(H,24,25)/t13?,14-,15+,16-,17+,18-,19-/m0/s1. The highest BCUT2D eigenvalue weighted by atomic mass is 16.5. The van der Waals surface area contributed by atoms with Crippen molar-refractivity contribution in [2.45, 2.75) is 56.2 Å². The van der Waals surface area contributed by atoms with E-state index in [1.54, 1.807) is 0 Å². The highest BCUT2D eigenvalue weighted by molar-refractivity contribution is 5.83. The summed E-state index contributed by atoms with van der Waals surface area (Å²) in [7, 11) is 0. The fourth-order valence-electron chi connectivity index (χ4n) is 5.78. The van der Waals surface area contributed by atoms with Gasteiger partial charge in [0, 0.05) is 12.1 Å². The first kappa shape index (κ1) is 16.3. The Balaban J connectivity index is 1.27. The number of ether oxygens (including phenoxy) is 1. The molecule has 3 heterocycles. The molecular weight excluding hydrogens is 330 g/mol. The van der Waals surface area contributed by atoms with E-state index in [2.05, 4.69) is 29.2 Å². The van der Waals surface area contributed by atoms with Crippen LogP contribution in [0, 0.1) is 17.8 Å². The Morgan fingerprint density at radius 1 is 1.00 bits per heavy atom. The second kappa shape index (κ2) is 6.08. The van der Waals surface area contributed by atoms with Gasteiger partial charge in [-0.3, -0.25) is 9.59 Å². The molecule has 1 unspecified atom stereocenters. The van der Waals surface area contributed by atoms with Gasteiger partial charge in [0.2, 0.25) is 0 Å². The molecule has 0 aromatic heterocycles. The number of piperidine rings is 1. The van der Waals surface area contributed by atoms with Crippen LogP contribution in [0.25, 0.3) is 0 Å². The van der Waals surface area contributed by atoms with Crippen molar-refractivity contribution >= 4 is 11.9 Å². The Hall–Kier alpha value is -1.88. The highest BCUT2D eigenvalue weighted by Gasteiger charge is 2.59. The van der Waals surface area contributed by atoms with E-state index in [-0.39, 0.29) is 23.7 Å². The van der Waals surface area contributed by atoms with Gasteiger partial charge in [-0.15, -0.1) is 0 Å². The maximum atomic E-state index is 13.2. The average Bonchev–Trinajstić information content (AvgIpc) is 3.33. The van der Waals surface area contributed by atoms with Crippen LogP contribution in [-0.4, -0.2) is 46.7 Å². The van der Waals surface area contributed by atoms with Crippen LogP contribution in [0.3, 0.4) is 0 Å². The summed E-state index contributed by atoms with van der Waals surface area (Å²) in [5, 5.41) is 9.24. The number of fused-ring (bicyclic) bond motifs is 3. The number of rotatable bonds is 3. The van der Waals surface area contributed by atoms with Crippen LogP contribution in [0.15, 0.2) is 30.3 Å². The molecule has 1 aromatic rings. The van der Waals surface area contributed by atoms with Crippen molar-refractivity contribution in [1.29, 1.82) is 0 Å². The Morgan fingerprint density at radius 3 is 2.35 bits per heavy atom. The minimum Gasteiger partial charge on any atom is -0.481 e. The van der Waals surface area contributed by atoms with Gasteiger partial charge in [-0.05, 0) is 55.4 Å². The summed E-state index contributed by atoms with van der Waals surface area (Å²) >= 11 is 0. The van der Waals surface area contributed by atoms with Crippen LogP contribution in [0.2, 0.25) is 0 Å². The predicted molar refractivity (Wildman–Crippen MR) is 94.5 cm³/mol. The second-order valence-corrected chi connectivity index (χ2v) is 8.46. The molecule has 7 atom stereocenters. The Kier molecular flexibility index (Phi) is 3.82. The van der Waals surface area contributed by atoms with Gasteiger partial charge in [-0.1, -0.05) is 30.3 Å². The minimum atomic E-state index is -0.736. The molecule has 5 heteroatoms. The van der Waals surface area contributed by atoms with Gasteiger partial charge in [-0.25, -0.2) is 0 Å². The number of benzene rings is 1. The van der Waals surface area contributed by atoms with Gasteiger partial charge >= 0.3 is 5.97 Å². The summed E-state index contributed by atoms with van der Waals surface area (Å²) in [6.07, 6.45) is 4.37. The van der Waals surface area contributed by atoms with E-state index >= 15 is 0 Å². The zero-order valence-electron chi connectivity index (χ0n) is 14.8. The summed E-state index contributed by atoms with van der Waals surface area (Å²) in [5.74, 6) is -0.131. The van der Waals surface area contributed by atoms with Gasteiger partial charge in [0.05, 0.1) is 12.5 Å². The molecule has 4 aliphatic rings. The van der Waals surface area contributed by atoms with Crippen molar-refractivity contribution in [2.24, 2.45) is 17.8 Å². The first-order valence-corrected chi connectivity index (χ1v) is 9.85. The summed E-state index contributed by atoms with van der Waals surface area (Å²) in [5.41, 5.74) is 1.38. The molecule has 1 saturated carbocycles. The van der Waals surface area contributed by atoms with E-state index in [1.165, 1.54) is 5.56 Å². The third-order valence-electron chi connectivity index (χ3n) is 7.13. The summed E-state index contributed by atoms with van der Waals surface area (Å²) in [6, 6.07) is 11.2. The first-order valence-electron chi connectivity index (χ1n) is 9.85. The van der Waals surface area contributed by atoms with E-state index < -0.39 is 12.1 Å². The number of carbonyl (C=O) groups is 2. The number of amides is 1. The lowest BCUT2D eigenvalue weighted by Gasteiger charge is -2.41. The minimum absolute atomic E-state index is 0.110. The van der Waals surface area contributed by atoms with Crippen molar-refractivity contribution in [3.05, 3.63) is 35.9 Å². The molecule has 2 bridgehead atoms. The third-order valence-corrected chi connectivity index (χ3v) is 7.13. The van der Waals surface area contributed by atoms with Crippen molar-refractivity contribution in [2.75, 3.05) is 6.61 Å². The van der Waals surface area contributed by atoms with Gasteiger partial charge in [-0.2, -0.15) is 0 Å².